The monoisotopic (exact) mass is 245 g/mol. The fourth-order valence-corrected chi connectivity index (χ4v) is 1.36. The lowest BCUT2D eigenvalue weighted by atomic mass is 10.00. The van der Waals surface area contributed by atoms with Crippen LogP contribution in [0.25, 0.3) is 0 Å². The van der Waals surface area contributed by atoms with Crippen molar-refractivity contribution < 1.29 is 9.84 Å². The number of aliphatic hydroxyl groups is 1. The molecule has 0 radical (unpaired) electrons. The Kier molecular flexibility index (Phi) is 2.93. The van der Waals surface area contributed by atoms with Gasteiger partial charge in [-0.15, -0.1) is 0 Å². The average molecular weight is 246 g/mol. The van der Waals surface area contributed by atoms with Gasteiger partial charge in [-0.1, -0.05) is 0 Å². The molecule has 4 heteroatoms. The zero-order valence-electron chi connectivity index (χ0n) is 7.84. The molecule has 0 aliphatic carbocycles. The summed E-state index contributed by atoms with van der Waals surface area (Å²) in [6, 6.07) is 1.80. The van der Waals surface area contributed by atoms with Gasteiger partial charge in [-0.3, -0.25) is 0 Å². The van der Waals surface area contributed by atoms with Crippen molar-refractivity contribution in [3.8, 4) is 5.88 Å². The maximum absolute atomic E-state index is 9.78. The molecule has 0 aromatic carbocycles. The van der Waals surface area contributed by atoms with E-state index in [9.17, 15) is 5.11 Å². The van der Waals surface area contributed by atoms with Gasteiger partial charge in [-0.2, -0.15) is 0 Å². The van der Waals surface area contributed by atoms with Gasteiger partial charge in [0.1, 0.15) is 0 Å². The van der Waals surface area contributed by atoms with Gasteiger partial charge in [0.2, 0.25) is 5.88 Å². The quantitative estimate of drug-likeness (QED) is 0.868. The van der Waals surface area contributed by atoms with Crippen molar-refractivity contribution in [2.24, 2.45) is 0 Å². The van der Waals surface area contributed by atoms with Gasteiger partial charge in [0.15, 0.2) is 0 Å². The van der Waals surface area contributed by atoms with Gasteiger partial charge in [0.25, 0.3) is 0 Å². The van der Waals surface area contributed by atoms with Crippen LogP contribution in [0.1, 0.15) is 19.4 Å². The molecule has 0 saturated heterocycles. The molecule has 1 aromatic heterocycles. The van der Waals surface area contributed by atoms with Crippen LogP contribution in [0.2, 0.25) is 0 Å². The second kappa shape index (κ2) is 3.64. The fraction of sp³-hybridized carbons (Fsp3) is 0.444. The van der Waals surface area contributed by atoms with E-state index in [4.69, 9.17) is 4.74 Å². The predicted molar refractivity (Wildman–Crippen MR) is 53.7 cm³/mol. The van der Waals surface area contributed by atoms with E-state index >= 15 is 0 Å². The van der Waals surface area contributed by atoms with Crippen LogP contribution in [0.5, 0.6) is 5.88 Å². The minimum Gasteiger partial charge on any atom is -0.481 e. The molecule has 0 amide bonds. The van der Waals surface area contributed by atoms with Gasteiger partial charge in [-0.25, -0.2) is 4.98 Å². The van der Waals surface area contributed by atoms with E-state index in [0.717, 1.165) is 4.47 Å². The summed E-state index contributed by atoms with van der Waals surface area (Å²) in [6.45, 7) is 3.39. The smallest absolute Gasteiger partial charge is 0.219 e. The van der Waals surface area contributed by atoms with Crippen LogP contribution >= 0.6 is 15.9 Å². The summed E-state index contributed by atoms with van der Waals surface area (Å²) in [6.07, 6.45) is 1.63. The van der Waals surface area contributed by atoms with Gasteiger partial charge in [0, 0.05) is 16.2 Å². The Bertz CT molecular complexity index is 307. The largest absolute Gasteiger partial charge is 0.481 e. The van der Waals surface area contributed by atoms with Crippen molar-refractivity contribution in [1.29, 1.82) is 0 Å². The Hall–Kier alpha value is -0.610. The third-order valence-corrected chi connectivity index (χ3v) is 2.10. The lowest BCUT2D eigenvalue weighted by Crippen LogP contribution is -2.17. The summed E-state index contributed by atoms with van der Waals surface area (Å²) in [5.74, 6) is 0.454. The summed E-state index contributed by atoms with van der Waals surface area (Å²) in [4.78, 5) is 4.03. The number of hydrogen-bond acceptors (Lipinski definition) is 3. The lowest BCUT2D eigenvalue weighted by Gasteiger charge is -2.19. The van der Waals surface area contributed by atoms with Crippen molar-refractivity contribution in [2.45, 2.75) is 19.4 Å². The van der Waals surface area contributed by atoms with E-state index in [1.54, 1.807) is 26.1 Å². The first-order chi connectivity index (χ1) is 5.95. The number of rotatable bonds is 2. The van der Waals surface area contributed by atoms with Crippen molar-refractivity contribution in [1.82, 2.24) is 4.98 Å². The minimum absolute atomic E-state index is 0.454. The molecule has 3 nitrogen and oxygen atoms in total. The van der Waals surface area contributed by atoms with Crippen LogP contribution in [0.4, 0.5) is 0 Å². The van der Waals surface area contributed by atoms with E-state index in [0.29, 0.717) is 11.4 Å². The first-order valence-corrected chi connectivity index (χ1v) is 4.67. The first kappa shape index (κ1) is 10.5. The second-order valence-electron chi connectivity index (χ2n) is 3.27. The summed E-state index contributed by atoms with van der Waals surface area (Å²) in [5.41, 5.74) is -0.272. The molecule has 0 unspecified atom stereocenters. The van der Waals surface area contributed by atoms with E-state index in [-0.39, 0.29) is 0 Å². The molecule has 0 spiro atoms. The van der Waals surface area contributed by atoms with Crippen LogP contribution in [0, 0.1) is 0 Å². The topological polar surface area (TPSA) is 42.4 Å². The molecule has 1 N–H and O–H groups in total. The van der Waals surface area contributed by atoms with E-state index in [1.807, 2.05) is 0 Å². The highest BCUT2D eigenvalue weighted by Crippen LogP contribution is 2.29. The summed E-state index contributed by atoms with van der Waals surface area (Å²) in [7, 11) is 1.53. The van der Waals surface area contributed by atoms with Crippen LogP contribution < -0.4 is 4.74 Å². The molecule has 0 fully saturated rings. The third kappa shape index (κ3) is 2.42. The second-order valence-corrected chi connectivity index (χ2v) is 4.19. The minimum atomic E-state index is -0.942. The Balaban J connectivity index is 3.24. The Morgan fingerprint density at radius 1 is 1.54 bits per heavy atom. The van der Waals surface area contributed by atoms with Crippen LogP contribution in [0.15, 0.2) is 16.7 Å². The highest BCUT2D eigenvalue weighted by molar-refractivity contribution is 9.10. The molecule has 1 aromatic rings. The van der Waals surface area contributed by atoms with E-state index in [2.05, 4.69) is 20.9 Å². The SMILES string of the molecule is COc1ncc(Br)cc1C(C)(C)O. The summed E-state index contributed by atoms with van der Waals surface area (Å²) < 4.78 is 5.86. The summed E-state index contributed by atoms with van der Waals surface area (Å²) >= 11 is 3.29. The predicted octanol–water partition coefficient (Wildman–Crippen LogP) is 2.08. The number of methoxy groups -OCH3 is 1. The Morgan fingerprint density at radius 2 is 2.15 bits per heavy atom. The molecule has 0 bridgehead atoms. The van der Waals surface area contributed by atoms with Crippen molar-refractivity contribution in [3.05, 3.63) is 22.3 Å². The highest BCUT2D eigenvalue weighted by Gasteiger charge is 2.21. The van der Waals surface area contributed by atoms with Crippen LogP contribution in [-0.2, 0) is 5.60 Å². The average Bonchev–Trinajstić information content (AvgIpc) is 2.03. The molecule has 0 aliphatic heterocycles. The molecular weight excluding hydrogens is 234 g/mol. The molecule has 13 heavy (non-hydrogen) atoms. The number of pyridine rings is 1. The number of halogens is 1. The number of nitrogens with zero attached hydrogens (tertiary/aromatic N) is 1. The Labute approximate surface area is 85.9 Å². The van der Waals surface area contributed by atoms with Gasteiger partial charge in [-0.05, 0) is 35.8 Å². The van der Waals surface area contributed by atoms with Crippen molar-refractivity contribution in [2.75, 3.05) is 7.11 Å². The van der Waals surface area contributed by atoms with Crippen molar-refractivity contribution in [3.63, 3.8) is 0 Å². The zero-order valence-corrected chi connectivity index (χ0v) is 9.42. The number of hydrogen-bond donors (Lipinski definition) is 1. The van der Waals surface area contributed by atoms with E-state index < -0.39 is 5.60 Å². The number of ether oxygens (including phenoxy) is 1. The summed E-state index contributed by atoms with van der Waals surface area (Å²) in [5, 5.41) is 9.78. The zero-order chi connectivity index (χ0) is 10.1. The standard InChI is InChI=1S/C9H12BrNO2/c1-9(2,12)7-4-6(10)5-11-8(7)13-3/h4-5,12H,1-3H3. The normalized spacial score (nSPS) is 11.5. The lowest BCUT2D eigenvalue weighted by molar-refractivity contribution is 0.0748. The first-order valence-electron chi connectivity index (χ1n) is 3.87. The molecule has 1 heterocycles. The molecular formula is C9H12BrNO2. The molecule has 0 atom stereocenters. The third-order valence-electron chi connectivity index (χ3n) is 1.67. The molecule has 72 valence electrons. The van der Waals surface area contributed by atoms with Crippen LogP contribution in [-0.4, -0.2) is 17.2 Å². The molecule has 1 rings (SSSR count). The van der Waals surface area contributed by atoms with Gasteiger partial charge >= 0.3 is 0 Å². The van der Waals surface area contributed by atoms with Crippen LogP contribution in [0.3, 0.4) is 0 Å². The van der Waals surface area contributed by atoms with Gasteiger partial charge < -0.3 is 9.84 Å². The molecule has 0 aliphatic rings. The molecule has 0 saturated carbocycles. The maximum Gasteiger partial charge on any atom is 0.219 e. The highest BCUT2D eigenvalue weighted by atomic mass is 79.9. The number of aromatic nitrogens is 1. The maximum atomic E-state index is 9.78. The fourth-order valence-electron chi connectivity index (χ4n) is 1.03. The Morgan fingerprint density at radius 3 is 2.62 bits per heavy atom. The van der Waals surface area contributed by atoms with Crippen molar-refractivity contribution >= 4 is 15.9 Å². The van der Waals surface area contributed by atoms with Gasteiger partial charge in [0.05, 0.1) is 12.7 Å². The van der Waals surface area contributed by atoms with E-state index in [1.165, 1.54) is 7.11 Å².